The number of aliphatic hydroxyl groups excluding tert-OH is 2. The lowest BCUT2D eigenvalue weighted by Gasteiger charge is -2.50. The molecule has 0 aromatic heterocycles. The summed E-state index contributed by atoms with van der Waals surface area (Å²) in [5, 5.41) is 20.0. The molecule has 0 bridgehead atoms. The number of methoxy groups -OCH3 is 1. The van der Waals surface area contributed by atoms with Crippen LogP contribution in [0.15, 0.2) is 12.1 Å². The van der Waals surface area contributed by atoms with E-state index in [1.54, 1.807) is 7.11 Å². The maximum absolute atomic E-state index is 10.5. The van der Waals surface area contributed by atoms with E-state index < -0.39 is 0 Å². The van der Waals surface area contributed by atoms with E-state index in [1.165, 1.54) is 30.4 Å². The fourth-order valence-electron chi connectivity index (χ4n) is 5.94. The fourth-order valence-corrected chi connectivity index (χ4v) is 5.94. The van der Waals surface area contributed by atoms with Crippen LogP contribution in [0.25, 0.3) is 0 Å². The molecule has 3 heteroatoms. The molecule has 126 valence electrons. The van der Waals surface area contributed by atoms with E-state index in [1.807, 2.05) is 0 Å². The highest BCUT2D eigenvalue weighted by Crippen LogP contribution is 2.61. The largest absolute Gasteiger partial charge is 0.496 e. The topological polar surface area (TPSA) is 49.7 Å². The summed E-state index contributed by atoms with van der Waals surface area (Å²) < 4.78 is 5.51. The molecule has 0 amide bonds. The molecule has 2 fully saturated rings. The highest BCUT2D eigenvalue weighted by atomic mass is 16.5. The van der Waals surface area contributed by atoms with Crippen LogP contribution in [-0.4, -0.2) is 23.4 Å². The van der Waals surface area contributed by atoms with E-state index in [2.05, 4.69) is 19.1 Å². The van der Waals surface area contributed by atoms with Gasteiger partial charge in [0, 0.05) is 5.56 Å². The van der Waals surface area contributed by atoms with Crippen LogP contribution < -0.4 is 4.74 Å². The van der Waals surface area contributed by atoms with Crippen molar-refractivity contribution in [1.82, 2.24) is 0 Å². The molecular formula is C20H28O3. The average Bonchev–Trinajstić information content (AvgIpc) is 2.88. The van der Waals surface area contributed by atoms with Gasteiger partial charge in [0.05, 0.1) is 19.8 Å². The standard InChI is InChI=1S/C20H28O3/c1-20-8-7-14-15(17(20)5-6-19(20)22)4-3-12-9-13(11-21)18(23-2)10-16(12)14/h9-10,14-15,17,19,21-22H,3-8,11H2,1-2H3/t14-,15+,17-,19-,20-/m0/s1. The number of aliphatic hydroxyl groups is 2. The first kappa shape index (κ1) is 15.5. The predicted molar refractivity (Wildman–Crippen MR) is 89.5 cm³/mol. The van der Waals surface area contributed by atoms with Crippen molar-refractivity contribution in [2.45, 2.75) is 64.1 Å². The Balaban J connectivity index is 1.72. The zero-order chi connectivity index (χ0) is 16.2. The monoisotopic (exact) mass is 316 g/mol. The number of aryl methyl sites for hydroxylation is 1. The third-order valence-electron chi connectivity index (χ3n) is 7.25. The summed E-state index contributed by atoms with van der Waals surface area (Å²) in [5.74, 6) is 2.78. The van der Waals surface area contributed by atoms with E-state index in [9.17, 15) is 10.2 Å². The molecule has 1 aromatic rings. The molecule has 0 spiro atoms. The lowest BCUT2D eigenvalue weighted by molar-refractivity contribution is -0.0226. The first-order valence-corrected chi connectivity index (χ1v) is 9.07. The Morgan fingerprint density at radius 2 is 2.04 bits per heavy atom. The molecule has 4 rings (SSSR count). The Morgan fingerprint density at radius 1 is 1.22 bits per heavy atom. The van der Waals surface area contributed by atoms with Gasteiger partial charge >= 0.3 is 0 Å². The van der Waals surface area contributed by atoms with Gasteiger partial charge in [0.1, 0.15) is 5.75 Å². The van der Waals surface area contributed by atoms with Gasteiger partial charge in [0.2, 0.25) is 0 Å². The van der Waals surface area contributed by atoms with Crippen molar-refractivity contribution < 1.29 is 14.9 Å². The summed E-state index contributed by atoms with van der Waals surface area (Å²) in [7, 11) is 1.69. The van der Waals surface area contributed by atoms with Crippen molar-refractivity contribution >= 4 is 0 Å². The summed E-state index contributed by atoms with van der Waals surface area (Å²) in [6.07, 6.45) is 6.66. The molecule has 0 unspecified atom stereocenters. The SMILES string of the molecule is COc1cc2c(cc1CO)CC[C@@H]1[C@@H]2CC[C@]2(C)[C@@H](O)CC[C@@H]12. The van der Waals surface area contributed by atoms with E-state index in [0.717, 1.165) is 30.6 Å². The fraction of sp³-hybridized carbons (Fsp3) is 0.700. The number of hydrogen-bond acceptors (Lipinski definition) is 3. The number of ether oxygens (including phenoxy) is 1. The Labute approximate surface area is 138 Å². The van der Waals surface area contributed by atoms with Crippen molar-refractivity contribution in [3.63, 3.8) is 0 Å². The van der Waals surface area contributed by atoms with Crippen molar-refractivity contribution in [2.75, 3.05) is 7.11 Å². The molecule has 3 aliphatic carbocycles. The lowest BCUT2D eigenvalue weighted by Crippen LogP contribution is -2.43. The molecule has 5 atom stereocenters. The Hall–Kier alpha value is -1.06. The maximum atomic E-state index is 10.5. The number of benzene rings is 1. The zero-order valence-electron chi connectivity index (χ0n) is 14.2. The van der Waals surface area contributed by atoms with Gasteiger partial charge in [-0.2, -0.15) is 0 Å². The molecule has 0 heterocycles. The second kappa shape index (κ2) is 5.49. The van der Waals surface area contributed by atoms with Crippen LogP contribution >= 0.6 is 0 Å². The minimum absolute atomic E-state index is 0.0391. The molecule has 0 radical (unpaired) electrons. The van der Waals surface area contributed by atoms with Gasteiger partial charge < -0.3 is 14.9 Å². The van der Waals surface area contributed by atoms with Gasteiger partial charge in [-0.15, -0.1) is 0 Å². The highest BCUT2D eigenvalue weighted by Gasteiger charge is 2.54. The van der Waals surface area contributed by atoms with Crippen molar-refractivity contribution in [1.29, 1.82) is 0 Å². The average molecular weight is 316 g/mol. The van der Waals surface area contributed by atoms with Crippen LogP contribution in [0.4, 0.5) is 0 Å². The first-order chi connectivity index (χ1) is 11.1. The molecule has 2 N–H and O–H groups in total. The smallest absolute Gasteiger partial charge is 0.124 e. The molecule has 23 heavy (non-hydrogen) atoms. The Morgan fingerprint density at radius 3 is 2.78 bits per heavy atom. The van der Waals surface area contributed by atoms with Gasteiger partial charge in [-0.3, -0.25) is 0 Å². The van der Waals surface area contributed by atoms with Crippen LogP contribution in [-0.2, 0) is 13.0 Å². The van der Waals surface area contributed by atoms with E-state index in [0.29, 0.717) is 17.8 Å². The summed E-state index contributed by atoms with van der Waals surface area (Å²) in [4.78, 5) is 0. The van der Waals surface area contributed by atoms with Gasteiger partial charge in [0.15, 0.2) is 0 Å². The summed E-state index contributed by atoms with van der Waals surface area (Å²) in [6.45, 7) is 2.36. The number of rotatable bonds is 2. The third-order valence-corrected chi connectivity index (χ3v) is 7.25. The molecule has 3 nitrogen and oxygen atoms in total. The normalized spacial score (nSPS) is 38.6. The van der Waals surface area contributed by atoms with Crippen LogP contribution in [0.1, 0.15) is 61.6 Å². The van der Waals surface area contributed by atoms with E-state index >= 15 is 0 Å². The minimum atomic E-state index is -0.110. The summed E-state index contributed by atoms with van der Waals surface area (Å²) >= 11 is 0. The van der Waals surface area contributed by atoms with Crippen molar-refractivity contribution in [2.24, 2.45) is 17.3 Å². The third kappa shape index (κ3) is 2.16. The quantitative estimate of drug-likeness (QED) is 0.879. The van der Waals surface area contributed by atoms with Crippen molar-refractivity contribution in [3.8, 4) is 5.75 Å². The molecule has 0 aliphatic heterocycles. The Bertz CT molecular complexity index is 611. The summed E-state index contributed by atoms with van der Waals surface area (Å²) in [6, 6.07) is 4.34. The molecular weight excluding hydrogens is 288 g/mol. The van der Waals surface area contributed by atoms with Crippen LogP contribution in [0.5, 0.6) is 5.75 Å². The van der Waals surface area contributed by atoms with Gasteiger partial charge in [-0.25, -0.2) is 0 Å². The van der Waals surface area contributed by atoms with Crippen molar-refractivity contribution in [3.05, 3.63) is 28.8 Å². The first-order valence-electron chi connectivity index (χ1n) is 9.07. The van der Waals surface area contributed by atoms with Gasteiger partial charge in [0.25, 0.3) is 0 Å². The van der Waals surface area contributed by atoms with Gasteiger partial charge in [-0.05, 0) is 85.0 Å². The Kier molecular flexibility index (Phi) is 3.69. The lowest BCUT2D eigenvalue weighted by atomic mass is 9.55. The highest BCUT2D eigenvalue weighted by molar-refractivity contribution is 5.46. The molecule has 3 aliphatic rings. The zero-order valence-corrected chi connectivity index (χ0v) is 14.2. The predicted octanol–water partition coefficient (Wildman–Crippen LogP) is 3.40. The maximum Gasteiger partial charge on any atom is 0.124 e. The number of fused-ring (bicyclic) bond motifs is 5. The minimum Gasteiger partial charge on any atom is -0.496 e. The van der Waals surface area contributed by atoms with Crippen LogP contribution in [0.3, 0.4) is 0 Å². The van der Waals surface area contributed by atoms with Crippen LogP contribution in [0, 0.1) is 17.3 Å². The van der Waals surface area contributed by atoms with Crippen LogP contribution in [0.2, 0.25) is 0 Å². The molecule has 2 saturated carbocycles. The van der Waals surface area contributed by atoms with E-state index in [-0.39, 0.29) is 18.1 Å². The number of hydrogen-bond donors (Lipinski definition) is 2. The second-order valence-corrected chi connectivity index (χ2v) is 8.07. The second-order valence-electron chi connectivity index (χ2n) is 8.07. The molecule has 1 aromatic carbocycles. The van der Waals surface area contributed by atoms with E-state index in [4.69, 9.17) is 4.74 Å². The molecule has 0 saturated heterocycles. The van der Waals surface area contributed by atoms with Gasteiger partial charge in [-0.1, -0.05) is 6.92 Å². The summed E-state index contributed by atoms with van der Waals surface area (Å²) in [5.41, 5.74) is 3.88.